The summed E-state index contributed by atoms with van der Waals surface area (Å²) in [6.07, 6.45) is 3.42. The molecular formula is C13H14N6O. The largest absolute Gasteiger partial charge is 0.481 e. The van der Waals surface area contributed by atoms with Crippen LogP contribution in [0.1, 0.15) is 16.8 Å². The zero-order chi connectivity index (χ0) is 14.1. The maximum Gasteiger partial charge on any atom is 0.226 e. The minimum Gasteiger partial charge on any atom is -0.481 e. The summed E-state index contributed by atoms with van der Waals surface area (Å²) in [6, 6.07) is 3.55. The van der Waals surface area contributed by atoms with Gasteiger partial charge in [0.05, 0.1) is 7.11 Å². The highest BCUT2D eigenvalue weighted by atomic mass is 16.5. The molecule has 0 aromatic carbocycles. The van der Waals surface area contributed by atoms with Crippen LogP contribution in [0, 0.1) is 5.41 Å². The summed E-state index contributed by atoms with van der Waals surface area (Å²) in [6.45, 7) is 1.38. The van der Waals surface area contributed by atoms with Crippen LogP contribution in [0.4, 0.5) is 5.95 Å². The van der Waals surface area contributed by atoms with Crippen LogP contribution in [0.5, 0.6) is 5.88 Å². The molecule has 0 fully saturated rings. The Morgan fingerprint density at radius 1 is 1.35 bits per heavy atom. The number of hydrogen-bond donors (Lipinski definition) is 2. The highest BCUT2D eigenvalue weighted by Crippen LogP contribution is 2.27. The smallest absolute Gasteiger partial charge is 0.226 e. The lowest BCUT2D eigenvalue weighted by atomic mass is 10.2. The van der Waals surface area contributed by atoms with Crippen molar-refractivity contribution in [3.63, 3.8) is 0 Å². The number of anilines is 1. The molecule has 7 nitrogen and oxygen atoms in total. The van der Waals surface area contributed by atoms with Crippen molar-refractivity contribution in [2.45, 2.75) is 13.1 Å². The van der Waals surface area contributed by atoms with E-state index in [-0.39, 0.29) is 5.84 Å². The minimum absolute atomic E-state index is 0.0614. The van der Waals surface area contributed by atoms with Crippen LogP contribution in [0.15, 0.2) is 24.5 Å². The molecule has 0 saturated heterocycles. The number of ether oxygens (including phenoxy) is 1. The van der Waals surface area contributed by atoms with Gasteiger partial charge in [0.25, 0.3) is 0 Å². The molecule has 102 valence electrons. The summed E-state index contributed by atoms with van der Waals surface area (Å²) in [7, 11) is 1.60. The lowest BCUT2D eigenvalue weighted by Gasteiger charge is -2.15. The molecule has 3 N–H and O–H groups in total. The third kappa shape index (κ3) is 2.13. The summed E-state index contributed by atoms with van der Waals surface area (Å²) in [5.74, 6) is 1.10. The number of amidine groups is 1. The Balaban J connectivity index is 1.88. The van der Waals surface area contributed by atoms with Crippen LogP contribution in [0.2, 0.25) is 0 Å². The summed E-state index contributed by atoms with van der Waals surface area (Å²) in [5.41, 5.74) is 8.16. The van der Waals surface area contributed by atoms with Crippen molar-refractivity contribution in [2.75, 3.05) is 12.0 Å². The fraction of sp³-hybridized carbons (Fsp3) is 0.231. The molecule has 3 rings (SSSR count). The number of hydrogen-bond acceptors (Lipinski definition) is 6. The average Bonchev–Trinajstić information content (AvgIpc) is 2.90. The fourth-order valence-electron chi connectivity index (χ4n) is 2.16. The number of fused-ring (bicyclic) bond motifs is 1. The molecule has 0 bridgehead atoms. The second-order valence-corrected chi connectivity index (χ2v) is 4.51. The lowest BCUT2D eigenvalue weighted by Crippen LogP contribution is -2.20. The minimum atomic E-state index is -0.0614. The van der Waals surface area contributed by atoms with Gasteiger partial charge >= 0.3 is 0 Å². The normalized spacial score (nSPS) is 13.2. The molecule has 0 unspecified atom stereocenters. The molecule has 0 amide bonds. The molecule has 20 heavy (non-hydrogen) atoms. The zero-order valence-electron chi connectivity index (χ0n) is 11.0. The second kappa shape index (κ2) is 4.76. The van der Waals surface area contributed by atoms with E-state index in [0.29, 0.717) is 30.6 Å². The lowest BCUT2D eigenvalue weighted by molar-refractivity contribution is 0.397. The Bertz CT molecular complexity index is 672. The first-order valence-corrected chi connectivity index (χ1v) is 6.11. The second-order valence-electron chi connectivity index (χ2n) is 4.51. The van der Waals surface area contributed by atoms with E-state index in [2.05, 4.69) is 15.0 Å². The summed E-state index contributed by atoms with van der Waals surface area (Å²) < 4.78 is 5.13. The molecule has 0 spiro atoms. The number of nitrogens with one attached hydrogen (secondary N) is 1. The SMILES string of the molecule is COc1cc2c(cn1)CN(c1nccc(C(=N)N)n1)C2. The van der Waals surface area contributed by atoms with Gasteiger partial charge in [-0.15, -0.1) is 0 Å². The predicted molar refractivity (Wildman–Crippen MR) is 73.7 cm³/mol. The van der Waals surface area contributed by atoms with Crippen molar-refractivity contribution < 1.29 is 4.74 Å². The van der Waals surface area contributed by atoms with Crippen LogP contribution in [-0.2, 0) is 13.1 Å². The van der Waals surface area contributed by atoms with Gasteiger partial charge in [-0.2, -0.15) is 0 Å². The van der Waals surface area contributed by atoms with Crippen molar-refractivity contribution in [3.05, 3.63) is 41.3 Å². The molecule has 1 aliphatic heterocycles. The van der Waals surface area contributed by atoms with E-state index in [1.54, 1.807) is 19.4 Å². The van der Waals surface area contributed by atoms with Crippen molar-refractivity contribution in [3.8, 4) is 5.88 Å². The van der Waals surface area contributed by atoms with Crippen LogP contribution in [0.3, 0.4) is 0 Å². The molecule has 1 aliphatic rings. The molecule has 0 saturated carbocycles. The van der Waals surface area contributed by atoms with Gasteiger partial charge in [-0.25, -0.2) is 15.0 Å². The Morgan fingerprint density at radius 3 is 2.90 bits per heavy atom. The summed E-state index contributed by atoms with van der Waals surface area (Å²) in [4.78, 5) is 14.7. The fourth-order valence-corrected chi connectivity index (χ4v) is 2.16. The quantitative estimate of drug-likeness (QED) is 0.628. The van der Waals surface area contributed by atoms with Crippen molar-refractivity contribution >= 4 is 11.8 Å². The molecule has 0 aliphatic carbocycles. The van der Waals surface area contributed by atoms with Gasteiger partial charge in [0.15, 0.2) is 0 Å². The molecule has 2 aromatic rings. The van der Waals surface area contributed by atoms with Gasteiger partial charge in [-0.1, -0.05) is 0 Å². The van der Waals surface area contributed by atoms with Crippen LogP contribution < -0.4 is 15.4 Å². The van der Waals surface area contributed by atoms with Crippen molar-refractivity contribution in [1.29, 1.82) is 5.41 Å². The highest BCUT2D eigenvalue weighted by Gasteiger charge is 2.22. The van der Waals surface area contributed by atoms with Gasteiger partial charge < -0.3 is 15.4 Å². The van der Waals surface area contributed by atoms with E-state index >= 15 is 0 Å². The number of rotatable bonds is 3. The van der Waals surface area contributed by atoms with Crippen LogP contribution in [-0.4, -0.2) is 27.9 Å². The number of aromatic nitrogens is 3. The van der Waals surface area contributed by atoms with Gasteiger partial charge in [0.2, 0.25) is 11.8 Å². The number of nitrogens with two attached hydrogens (primary N) is 1. The molecular weight excluding hydrogens is 256 g/mol. The Labute approximate surface area is 115 Å². The number of pyridine rings is 1. The number of methoxy groups -OCH3 is 1. The first kappa shape index (κ1) is 12.3. The van der Waals surface area contributed by atoms with Gasteiger partial charge in [0.1, 0.15) is 11.5 Å². The van der Waals surface area contributed by atoms with E-state index in [0.717, 1.165) is 11.1 Å². The number of nitrogen functional groups attached to an aromatic ring is 1. The Kier molecular flexibility index (Phi) is 2.94. The topological polar surface area (TPSA) is 101 Å². The van der Waals surface area contributed by atoms with E-state index < -0.39 is 0 Å². The molecule has 0 atom stereocenters. The zero-order valence-corrected chi connectivity index (χ0v) is 11.0. The predicted octanol–water partition coefficient (Wildman–Crippen LogP) is 0.684. The first-order valence-electron chi connectivity index (χ1n) is 6.11. The highest BCUT2D eigenvalue weighted by molar-refractivity contribution is 5.93. The third-order valence-corrected chi connectivity index (χ3v) is 3.19. The Hall–Kier alpha value is -2.70. The summed E-state index contributed by atoms with van der Waals surface area (Å²) >= 11 is 0. The first-order chi connectivity index (χ1) is 9.67. The standard InChI is InChI=1S/C13H14N6O/c1-20-11-4-8-6-19(7-9(8)5-17-11)13-16-3-2-10(18-13)12(14)15/h2-5H,6-7H2,1H3,(H3,14,15). The van der Waals surface area contributed by atoms with E-state index in [1.165, 1.54) is 0 Å². The maximum absolute atomic E-state index is 7.43. The van der Waals surface area contributed by atoms with Crippen molar-refractivity contribution in [1.82, 2.24) is 15.0 Å². The average molecular weight is 270 g/mol. The molecule has 7 heteroatoms. The maximum atomic E-state index is 7.43. The van der Waals surface area contributed by atoms with Crippen LogP contribution in [0.25, 0.3) is 0 Å². The summed E-state index contributed by atoms with van der Waals surface area (Å²) in [5, 5.41) is 7.43. The molecule has 3 heterocycles. The monoisotopic (exact) mass is 270 g/mol. The Morgan fingerprint density at radius 2 is 2.15 bits per heavy atom. The van der Waals surface area contributed by atoms with Crippen molar-refractivity contribution in [2.24, 2.45) is 5.73 Å². The van der Waals surface area contributed by atoms with Gasteiger partial charge in [-0.05, 0) is 17.2 Å². The van der Waals surface area contributed by atoms with Gasteiger partial charge in [-0.3, -0.25) is 5.41 Å². The molecule has 0 radical (unpaired) electrons. The van der Waals surface area contributed by atoms with E-state index in [9.17, 15) is 0 Å². The number of nitrogens with zero attached hydrogens (tertiary/aromatic N) is 4. The van der Waals surface area contributed by atoms with E-state index in [4.69, 9.17) is 15.9 Å². The van der Waals surface area contributed by atoms with Crippen LogP contribution >= 0.6 is 0 Å². The molecule has 2 aromatic heterocycles. The van der Waals surface area contributed by atoms with Gasteiger partial charge in [0, 0.05) is 31.5 Å². The van der Waals surface area contributed by atoms with E-state index in [1.807, 2.05) is 17.2 Å². The third-order valence-electron chi connectivity index (χ3n) is 3.19.